The van der Waals surface area contributed by atoms with Gasteiger partial charge in [-0.05, 0) is 31.0 Å². The molecule has 0 saturated carbocycles. The Kier molecular flexibility index (Phi) is 4.96. The van der Waals surface area contributed by atoms with Crippen LogP contribution in [0.3, 0.4) is 0 Å². The molecular weight excluding hydrogens is 212 g/mol. The van der Waals surface area contributed by atoms with Crippen LogP contribution in [-0.2, 0) is 0 Å². The monoisotopic (exact) mass is 228 g/mol. The average Bonchev–Trinajstić information content (AvgIpc) is 2.38. The van der Waals surface area contributed by atoms with Crippen LogP contribution >= 0.6 is 0 Å². The number of unbranched alkanes of at least 4 members (excludes halogenated alkanes) is 1. The molecule has 0 amide bonds. The third kappa shape index (κ3) is 3.46. The Morgan fingerprint density at radius 1 is 1.53 bits per heavy atom. The van der Waals surface area contributed by atoms with Gasteiger partial charge in [-0.2, -0.15) is 5.26 Å². The zero-order chi connectivity index (χ0) is 12.7. The fourth-order valence-electron chi connectivity index (χ4n) is 1.64. The summed E-state index contributed by atoms with van der Waals surface area (Å²) in [5.74, 6) is 0. The highest BCUT2D eigenvalue weighted by molar-refractivity contribution is 5.78. The summed E-state index contributed by atoms with van der Waals surface area (Å²) < 4.78 is 0. The number of allylic oxidation sites excluding steroid dienone is 1. The lowest BCUT2D eigenvalue weighted by atomic mass is 10.1. The van der Waals surface area contributed by atoms with Crippen LogP contribution < -0.4 is 4.90 Å². The Morgan fingerprint density at radius 2 is 2.29 bits per heavy atom. The maximum absolute atomic E-state index is 10.6. The first-order chi connectivity index (χ1) is 8.22. The van der Waals surface area contributed by atoms with Gasteiger partial charge in [0.05, 0.1) is 11.3 Å². The molecule has 0 spiro atoms. The van der Waals surface area contributed by atoms with Gasteiger partial charge in [-0.15, -0.1) is 6.58 Å². The van der Waals surface area contributed by atoms with E-state index in [9.17, 15) is 4.79 Å². The minimum Gasteiger partial charge on any atom is -0.374 e. The summed E-state index contributed by atoms with van der Waals surface area (Å²) in [5, 5.41) is 9.05. The standard InChI is InChI=1S/C14H16N2O/c1-3-4-5-8-16(2)14-7-6-12(11-17)9-13(14)10-15/h3,6-7,9,11H,1,4-5,8H2,2H3. The predicted octanol–water partition coefficient (Wildman–Crippen LogP) is 2.77. The molecule has 0 N–H and O–H groups in total. The Bertz CT molecular complexity index is 446. The molecule has 0 heterocycles. The first-order valence-corrected chi connectivity index (χ1v) is 5.54. The Morgan fingerprint density at radius 3 is 2.88 bits per heavy atom. The quantitative estimate of drug-likeness (QED) is 0.427. The lowest BCUT2D eigenvalue weighted by Crippen LogP contribution is -2.19. The van der Waals surface area contributed by atoms with E-state index in [0.29, 0.717) is 11.1 Å². The molecule has 88 valence electrons. The molecule has 0 fully saturated rings. The van der Waals surface area contributed by atoms with E-state index in [-0.39, 0.29) is 0 Å². The number of rotatable bonds is 6. The molecule has 1 rings (SSSR count). The van der Waals surface area contributed by atoms with Crippen LogP contribution in [0.4, 0.5) is 5.69 Å². The number of anilines is 1. The van der Waals surface area contributed by atoms with Crippen molar-refractivity contribution in [1.82, 2.24) is 0 Å². The number of hydrogen-bond donors (Lipinski definition) is 0. The van der Waals surface area contributed by atoms with Gasteiger partial charge < -0.3 is 4.90 Å². The van der Waals surface area contributed by atoms with Crippen molar-refractivity contribution in [2.24, 2.45) is 0 Å². The summed E-state index contributed by atoms with van der Waals surface area (Å²) in [4.78, 5) is 12.7. The van der Waals surface area contributed by atoms with Gasteiger partial charge in [0, 0.05) is 19.2 Å². The van der Waals surface area contributed by atoms with Gasteiger partial charge >= 0.3 is 0 Å². The van der Waals surface area contributed by atoms with E-state index in [1.807, 2.05) is 24.1 Å². The van der Waals surface area contributed by atoms with E-state index >= 15 is 0 Å². The largest absolute Gasteiger partial charge is 0.374 e. The van der Waals surface area contributed by atoms with E-state index in [4.69, 9.17) is 5.26 Å². The van der Waals surface area contributed by atoms with Crippen LogP contribution in [0.5, 0.6) is 0 Å². The molecule has 1 aromatic rings. The van der Waals surface area contributed by atoms with Crippen LogP contribution in [0, 0.1) is 11.3 Å². The minimum absolute atomic E-state index is 0.532. The fourth-order valence-corrected chi connectivity index (χ4v) is 1.64. The lowest BCUT2D eigenvalue weighted by Gasteiger charge is -2.20. The van der Waals surface area contributed by atoms with Crippen molar-refractivity contribution >= 4 is 12.0 Å². The van der Waals surface area contributed by atoms with Crippen molar-refractivity contribution in [2.75, 3.05) is 18.5 Å². The number of benzene rings is 1. The van der Waals surface area contributed by atoms with Crippen molar-refractivity contribution in [3.8, 4) is 6.07 Å². The highest BCUT2D eigenvalue weighted by Gasteiger charge is 2.07. The summed E-state index contributed by atoms with van der Waals surface area (Å²) in [5.41, 5.74) is 1.93. The van der Waals surface area contributed by atoms with Crippen molar-refractivity contribution < 1.29 is 4.79 Å². The highest BCUT2D eigenvalue weighted by Crippen LogP contribution is 2.20. The Hall–Kier alpha value is -2.08. The molecule has 1 aromatic carbocycles. The van der Waals surface area contributed by atoms with Gasteiger partial charge in [0.1, 0.15) is 12.4 Å². The van der Waals surface area contributed by atoms with Crippen LogP contribution in [0.1, 0.15) is 28.8 Å². The molecule has 17 heavy (non-hydrogen) atoms. The van der Waals surface area contributed by atoms with Gasteiger partial charge in [-0.3, -0.25) is 4.79 Å². The van der Waals surface area contributed by atoms with E-state index in [1.165, 1.54) is 0 Å². The Balaban J connectivity index is 2.85. The van der Waals surface area contributed by atoms with Crippen LogP contribution in [0.15, 0.2) is 30.9 Å². The summed E-state index contributed by atoms with van der Waals surface area (Å²) in [6.45, 7) is 4.54. The number of carbonyl (C=O) groups excluding carboxylic acids is 1. The maximum atomic E-state index is 10.6. The second-order valence-electron chi connectivity index (χ2n) is 3.86. The topological polar surface area (TPSA) is 44.1 Å². The second-order valence-corrected chi connectivity index (χ2v) is 3.86. The van der Waals surface area contributed by atoms with Crippen molar-refractivity contribution in [2.45, 2.75) is 12.8 Å². The van der Waals surface area contributed by atoms with Gasteiger partial charge in [0.25, 0.3) is 0 Å². The van der Waals surface area contributed by atoms with Gasteiger partial charge in [-0.1, -0.05) is 6.08 Å². The molecule has 0 unspecified atom stereocenters. The number of hydrogen-bond acceptors (Lipinski definition) is 3. The summed E-state index contributed by atoms with van der Waals surface area (Å²) in [6.07, 6.45) is 4.59. The number of nitriles is 1. The number of aldehydes is 1. The van der Waals surface area contributed by atoms with Crippen molar-refractivity contribution in [3.05, 3.63) is 42.0 Å². The van der Waals surface area contributed by atoms with Gasteiger partial charge in [-0.25, -0.2) is 0 Å². The molecule has 0 atom stereocenters. The normalized spacial score (nSPS) is 9.41. The van der Waals surface area contributed by atoms with E-state index in [1.54, 1.807) is 12.1 Å². The molecule has 0 aliphatic carbocycles. The van der Waals surface area contributed by atoms with E-state index in [2.05, 4.69) is 12.6 Å². The molecule has 3 nitrogen and oxygen atoms in total. The molecular formula is C14H16N2O. The van der Waals surface area contributed by atoms with Gasteiger partial charge in [0.15, 0.2) is 0 Å². The molecule has 0 aliphatic rings. The zero-order valence-electron chi connectivity index (χ0n) is 10.0. The van der Waals surface area contributed by atoms with E-state index < -0.39 is 0 Å². The SMILES string of the molecule is C=CCCCN(C)c1ccc(C=O)cc1C#N. The number of nitrogens with zero attached hydrogens (tertiary/aromatic N) is 2. The minimum atomic E-state index is 0.532. The molecule has 0 aliphatic heterocycles. The van der Waals surface area contributed by atoms with Crippen molar-refractivity contribution in [3.63, 3.8) is 0 Å². The summed E-state index contributed by atoms with van der Waals surface area (Å²) in [6, 6.07) is 7.28. The average molecular weight is 228 g/mol. The van der Waals surface area contributed by atoms with Crippen LogP contribution in [-0.4, -0.2) is 19.9 Å². The zero-order valence-corrected chi connectivity index (χ0v) is 10.0. The van der Waals surface area contributed by atoms with E-state index in [0.717, 1.165) is 31.4 Å². The Labute approximate surface area is 102 Å². The molecule has 3 heteroatoms. The summed E-state index contributed by atoms with van der Waals surface area (Å²) >= 11 is 0. The molecule has 0 saturated heterocycles. The first kappa shape index (κ1) is 13.0. The van der Waals surface area contributed by atoms with Gasteiger partial charge in [0.2, 0.25) is 0 Å². The molecule has 0 bridgehead atoms. The molecule has 0 aromatic heterocycles. The predicted molar refractivity (Wildman–Crippen MR) is 69.2 cm³/mol. The van der Waals surface area contributed by atoms with Crippen LogP contribution in [0.25, 0.3) is 0 Å². The van der Waals surface area contributed by atoms with Crippen molar-refractivity contribution in [1.29, 1.82) is 5.26 Å². The third-order valence-corrected chi connectivity index (χ3v) is 2.59. The highest BCUT2D eigenvalue weighted by atomic mass is 16.1. The lowest BCUT2D eigenvalue weighted by molar-refractivity contribution is 0.112. The summed E-state index contributed by atoms with van der Waals surface area (Å²) in [7, 11) is 1.94. The maximum Gasteiger partial charge on any atom is 0.150 e. The fraction of sp³-hybridized carbons (Fsp3) is 0.286. The number of carbonyl (C=O) groups is 1. The van der Waals surface area contributed by atoms with Crippen LogP contribution in [0.2, 0.25) is 0 Å². The first-order valence-electron chi connectivity index (χ1n) is 5.54. The molecule has 0 radical (unpaired) electrons. The third-order valence-electron chi connectivity index (χ3n) is 2.59. The smallest absolute Gasteiger partial charge is 0.150 e. The second kappa shape index (κ2) is 6.49.